The summed E-state index contributed by atoms with van der Waals surface area (Å²) in [7, 11) is -8.02. The number of piperidine rings is 1. The molecule has 3 aromatic carbocycles. The number of nitrogens with one attached hydrogen (secondary N) is 5. The molecule has 368 valence electrons. The molecule has 6 heterocycles. The molecule has 0 unspecified atom stereocenters. The van der Waals surface area contributed by atoms with Crippen LogP contribution in [0.2, 0.25) is 9.36 Å². The molecule has 1 saturated heterocycles. The van der Waals surface area contributed by atoms with Crippen molar-refractivity contribution in [2.75, 3.05) is 42.1 Å². The van der Waals surface area contributed by atoms with Crippen molar-refractivity contribution in [1.29, 1.82) is 0 Å². The molecule has 0 radical (unpaired) electrons. The van der Waals surface area contributed by atoms with E-state index < -0.39 is 32.1 Å². The number of aryl methyl sites for hydroxylation is 1. The van der Waals surface area contributed by atoms with Gasteiger partial charge in [-0.2, -0.15) is 0 Å². The van der Waals surface area contributed by atoms with Crippen LogP contribution in [0.5, 0.6) is 0 Å². The summed E-state index contributed by atoms with van der Waals surface area (Å²) in [5, 5.41) is 11.3. The van der Waals surface area contributed by atoms with Crippen LogP contribution in [0.4, 0.5) is 26.7 Å². The van der Waals surface area contributed by atoms with Gasteiger partial charge in [-0.3, -0.25) is 18.7 Å². The van der Waals surface area contributed by atoms with Gasteiger partial charge in [0.1, 0.15) is 14.2 Å². The third-order valence-electron chi connectivity index (χ3n) is 11.1. The number of urea groups is 2. The molecule has 0 aliphatic carbocycles. The van der Waals surface area contributed by atoms with Crippen molar-refractivity contribution in [2.45, 2.75) is 41.0 Å². The van der Waals surface area contributed by atoms with Gasteiger partial charge in [0.15, 0.2) is 0 Å². The Balaban J connectivity index is 0.000000197. The van der Waals surface area contributed by atoms with E-state index in [0.29, 0.717) is 22.3 Å². The van der Waals surface area contributed by atoms with Gasteiger partial charge >= 0.3 is 12.1 Å². The van der Waals surface area contributed by atoms with Gasteiger partial charge in [-0.15, -0.1) is 22.7 Å². The van der Waals surface area contributed by atoms with Crippen LogP contribution in [-0.2, 0) is 20.0 Å². The molecule has 0 spiro atoms. The maximum atomic E-state index is 13.2. The quantitative estimate of drug-likeness (QED) is 0.0684. The van der Waals surface area contributed by atoms with Gasteiger partial charge in [0.05, 0.1) is 26.9 Å². The van der Waals surface area contributed by atoms with Crippen molar-refractivity contribution in [3.63, 3.8) is 0 Å². The zero-order valence-corrected chi connectivity index (χ0v) is 42.5. The van der Waals surface area contributed by atoms with Crippen LogP contribution in [0.25, 0.3) is 33.1 Å². The van der Waals surface area contributed by atoms with Crippen molar-refractivity contribution in [1.82, 2.24) is 28.5 Å². The van der Waals surface area contributed by atoms with Crippen LogP contribution in [0, 0.1) is 6.92 Å². The van der Waals surface area contributed by atoms with Crippen molar-refractivity contribution in [3.05, 3.63) is 163 Å². The zero-order chi connectivity index (χ0) is 50.3. The van der Waals surface area contributed by atoms with E-state index >= 15 is 0 Å². The molecule has 9 rings (SSSR count). The van der Waals surface area contributed by atoms with Gasteiger partial charge in [0.2, 0.25) is 0 Å². The fourth-order valence-corrected chi connectivity index (χ4v) is 12.5. The molecule has 1 fully saturated rings. The lowest BCUT2D eigenvalue weighted by atomic mass is 10.1. The van der Waals surface area contributed by atoms with Gasteiger partial charge < -0.3 is 20.9 Å². The SMILES string of the molecule is Cc1ccc(S(=O)(=O)NC(=O)Nc2ccc(-n3ccc4cc(NCCCN5CCCCC5)ccc4c3=O)nc2)s1.O=C(Nc1ccc(-n2ccc3ccccc3c2=O)c(Cl)c1)NS(=O)(=O)c1ccc(Cl)s1. The Morgan fingerprint density at radius 1 is 0.662 bits per heavy atom. The number of thiophene rings is 2. The molecule has 1 aliphatic heterocycles. The topological polar surface area (TPSA) is 223 Å². The first kappa shape index (κ1) is 50.8. The number of aromatic nitrogens is 3. The van der Waals surface area contributed by atoms with Crippen LogP contribution in [0.1, 0.15) is 30.6 Å². The molecule has 1 aliphatic rings. The van der Waals surface area contributed by atoms with Crippen molar-refractivity contribution >= 4 is 117 Å². The van der Waals surface area contributed by atoms with E-state index in [9.17, 15) is 36.0 Å². The maximum Gasteiger partial charge on any atom is 0.333 e. The number of halogens is 2. The highest BCUT2D eigenvalue weighted by Gasteiger charge is 2.22. The summed E-state index contributed by atoms with van der Waals surface area (Å²) in [5.41, 5.74) is 1.48. The molecule has 4 amide bonds. The second-order valence-electron chi connectivity index (χ2n) is 16.2. The van der Waals surface area contributed by atoms with E-state index in [4.69, 9.17) is 23.2 Å². The molecule has 8 aromatic rings. The maximum absolute atomic E-state index is 13.2. The van der Waals surface area contributed by atoms with Crippen molar-refractivity contribution in [2.24, 2.45) is 0 Å². The van der Waals surface area contributed by atoms with Crippen LogP contribution >= 0.6 is 45.9 Å². The molecule has 23 heteroatoms. The minimum Gasteiger partial charge on any atom is -0.385 e. The number of hydrogen-bond acceptors (Lipinski definition) is 13. The number of rotatable bonds is 13. The summed E-state index contributed by atoms with van der Waals surface area (Å²) < 4.78 is 56.1. The molecule has 0 bridgehead atoms. The number of carbonyl (C=O) groups excluding carboxylic acids is 2. The van der Waals surface area contributed by atoms with Gasteiger partial charge in [-0.05, 0) is 148 Å². The Labute approximate surface area is 426 Å². The van der Waals surface area contributed by atoms with E-state index in [1.165, 1.54) is 78.0 Å². The highest BCUT2D eigenvalue weighted by Crippen LogP contribution is 2.27. The molecular formula is C48H45Cl2N9O8S4. The smallest absolute Gasteiger partial charge is 0.333 e. The summed E-state index contributed by atoms with van der Waals surface area (Å²) in [5.74, 6) is 0.374. The number of hydrogen-bond donors (Lipinski definition) is 5. The Hall–Kier alpha value is -6.59. The number of pyridine rings is 3. The molecule has 5 N–H and O–H groups in total. The fourth-order valence-electron chi connectivity index (χ4n) is 7.67. The van der Waals surface area contributed by atoms with E-state index in [0.717, 1.165) is 63.5 Å². The van der Waals surface area contributed by atoms with Gasteiger partial charge in [-0.1, -0.05) is 47.8 Å². The second kappa shape index (κ2) is 22.2. The molecule has 0 saturated carbocycles. The lowest BCUT2D eigenvalue weighted by Gasteiger charge is -2.26. The second-order valence-corrected chi connectivity index (χ2v) is 23.4. The molecule has 71 heavy (non-hydrogen) atoms. The van der Waals surface area contributed by atoms with E-state index in [-0.39, 0.29) is 40.3 Å². The molecular weight excluding hydrogens is 1030 g/mol. The summed E-state index contributed by atoms with van der Waals surface area (Å²) in [6.07, 6.45) is 9.66. The van der Waals surface area contributed by atoms with Crippen LogP contribution in [0.15, 0.2) is 146 Å². The largest absolute Gasteiger partial charge is 0.385 e. The third kappa shape index (κ3) is 12.7. The number of sulfonamides is 2. The number of carbonyl (C=O) groups is 2. The average molecular weight is 1080 g/mol. The standard InChI is InChI=1S/C28H32N6O4S2.C20H13Cl2N3O4S2/c1-20-6-11-26(39-20)40(37,38)32-28(36)31-23-8-10-25(30-19-23)34-17-12-21-18-22(7-9-24(21)27(34)35)29-13-5-16-33-14-3-2-4-15-33;21-15-11-13(23-20(27)24-31(28,29)18-8-7-17(22)30-18)5-6-16(15)25-10-9-12-3-1-2-4-14(12)19(25)26/h6-12,17-19,29H,2-5,13-16H2,1H3,(H2,31,32,36);1-11H,(H2,23,24,27). The average Bonchev–Trinajstić information content (AvgIpc) is 4.01. The predicted octanol–water partition coefficient (Wildman–Crippen LogP) is 9.42. The fraction of sp³-hybridized carbons (Fsp3) is 0.188. The number of nitrogens with zero attached hydrogens (tertiary/aromatic N) is 4. The first-order valence-electron chi connectivity index (χ1n) is 22.0. The Kier molecular flexibility index (Phi) is 15.9. The zero-order valence-electron chi connectivity index (χ0n) is 37.7. The Bertz CT molecular complexity index is 3610. The summed E-state index contributed by atoms with van der Waals surface area (Å²) in [6.45, 7) is 6.16. The van der Waals surface area contributed by atoms with Gasteiger partial charge in [0, 0.05) is 46.0 Å². The van der Waals surface area contributed by atoms with Gasteiger partial charge in [0.25, 0.3) is 31.2 Å². The summed E-state index contributed by atoms with van der Waals surface area (Å²) in [4.78, 5) is 58.0. The number of fused-ring (bicyclic) bond motifs is 2. The van der Waals surface area contributed by atoms with E-state index in [1.54, 1.807) is 61.8 Å². The van der Waals surface area contributed by atoms with Gasteiger partial charge in [-0.25, -0.2) is 40.9 Å². The molecule has 17 nitrogen and oxygen atoms in total. The van der Waals surface area contributed by atoms with Crippen molar-refractivity contribution < 1.29 is 26.4 Å². The highest BCUT2D eigenvalue weighted by atomic mass is 35.5. The van der Waals surface area contributed by atoms with E-state index in [1.807, 2.05) is 45.8 Å². The monoisotopic (exact) mass is 1070 g/mol. The number of benzene rings is 3. The van der Waals surface area contributed by atoms with Crippen molar-refractivity contribution in [3.8, 4) is 11.5 Å². The molecule has 5 aromatic heterocycles. The Morgan fingerprint density at radius 2 is 1.30 bits per heavy atom. The lowest BCUT2D eigenvalue weighted by Crippen LogP contribution is -2.34. The summed E-state index contributed by atoms with van der Waals surface area (Å²) >= 11 is 14.0. The normalized spacial score (nSPS) is 13.0. The van der Waals surface area contributed by atoms with E-state index in [2.05, 4.69) is 25.8 Å². The third-order valence-corrected chi connectivity index (χ3v) is 17.3. The molecule has 0 atom stereocenters. The lowest BCUT2D eigenvalue weighted by molar-refractivity contribution is 0.228. The number of likely N-dealkylation sites (tertiary alicyclic amines) is 1. The Morgan fingerprint density at radius 3 is 1.97 bits per heavy atom. The number of anilines is 3. The van der Waals surface area contributed by atoms with Crippen LogP contribution in [-0.4, -0.2) is 74.1 Å². The minimum atomic E-state index is -4.05. The van der Waals surface area contributed by atoms with Crippen LogP contribution < -0.4 is 36.5 Å². The first-order valence-corrected chi connectivity index (χ1v) is 27.4. The first-order chi connectivity index (χ1) is 34.0. The predicted molar refractivity (Wildman–Crippen MR) is 282 cm³/mol. The minimum absolute atomic E-state index is 0.0556. The summed E-state index contributed by atoms with van der Waals surface area (Å²) in [6, 6.07) is 28.2. The van der Waals surface area contributed by atoms with Crippen LogP contribution in [0.3, 0.4) is 0 Å². The highest BCUT2D eigenvalue weighted by molar-refractivity contribution is 7.92. The number of amides is 4.